The highest BCUT2D eigenvalue weighted by Gasteiger charge is 2.02. The molecule has 0 amide bonds. The van der Waals surface area contributed by atoms with Gasteiger partial charge in [-0.2, -0.15) is 0 Å². The van der Waals surface area contributed by atoms with Crippen LogP contribution in [-0.2, 0) is 13.0 Å². The Morgan fingerprint density at radius 3 is 2.65 bits per heavy atom. The van der Waals surface area contributed by atoms with E-state index in [9.17, 15) is 0 Å². The van der Waals surface area contributed by atoms with Gasteiger partial charge in [0.15, 0.2) is 5.96 Å². The molecule has 0 saturated heterocycles. The van der Waals surface area contributed by atoms with Crippen molar-refractivity contribution in [3.63, 3.8) is 0 Å². The average Bonchev–Trinajstić information content (AvgIpc) is 2.96. The lowest BCUT2D eigenvalue weighted by atomic mass is 10.3. The fourth-order valence-corrected chi connectivity index (χ4v) is 2.63. The minimum Gasteiger partial charge on any atom is -0.481 e. The van der Waals surface area contributed by atoms with E-state index in [2.05, 4.69) is 32.5 Å². The van der Waals surface area contributed by atoms with Gasteiger partial charge in [0.2, 0.25) is 5.88 Å². The molecule has 23 heavy (non-hydrogen) atoms. The minimum absolute atomic E-state index is 0. The molecule has 6 nitrogen and oxygen atoms in total. The van der Waals surface area contributed by atoms with E-state index >= 15 is 0 Å². The maximum Gasteiger partial charge on any atom is 0.212 e. The first-order valence-electron chi connectivity index (χ1n) is 7.06. The number of pyridine rings is 1. The number of ether oxygens (including phenoxy) is 1. The maximum atomic E-state index is 5.04. The van der Waals surface area contributed by atoms with Crippen LogP contribution in [0.3, 0.4) is 0 Å². The molecule has 0 saturated carbocycles. The van der Waals surface area contributed by atoms with E-state index in [0.717, 1.165) is 29.5 Å². The third kappa shape index (κ3) is 6.69. The van der Waals surface area contributed by atoms with Gasteiger partial charge in [-0.1, -0.05) is 6.07 Å². The number of hydrogen-bond donors (Lipinski definition) is 2. The molecule has 0 spiro atoms. The molecule has 0 atom stereocenters. The van der Waals surface area contributed by atoms with Crippen LogP contribution in [-0.4, -0.2) is 36.6 Å². The first-order chi connectivity index (χ1) is 10.7. The van der Waals surface area contributed by atoms with E-state index in [4.69, 9.17) is 4.74 Å². The molecule has 0 fully saturated rings. The van der Waals surface area contributed by atoms with Crippen LogP contribution in [0.2, 0.25) is 0 Å². The van der Waals surface area contributed by atoms with Gasteiger partial charge in [-0.25, -0.2) is 9.97 Å². The third-order valence-corrected chi connectivity index (χ3v) is 3.96. The molecule has 0 aromatic carbocycles. The Hall–Kier alpha value is -1.42. The number of nitrogens with one attached hydrogen (secondary N) is 2. The summed E-state index contributed by atoms with van der Waals surface area (Å²) in [5.41, 5.74) is 1.07. The molecule has 0 aliphatic rings. The smallest absolute Gasteiger partial charge is 0.212 e. The van der Waals surface area contributed by atoms with E-state index in [-0.39, 0.29) is 24.0 Å². The molecule has 0 radical (unpaired) electrons. The Morgan fingerprint density at radius 1 is 1.26 bits per heavy atom. The zero-order valence-electron chi connectivity index (χ0n) is 13.5. The zero-order valence-corrected chi connectivity index (χ0v) is 16.6. The van der Waals surface area contributed by atoms with E-state index in [1.165, 1.54) is 4.88 Å². The molecule has 126 valence electrons. The standard InChI is InChI=1S/C15H21N5OS.HI/c1-11-8-19-14(22-11)6-7-17-15(16-2)20-10-12-4-5-13(21-3)18-9-12;/h4-5,8-9H,6-7,10H2,1-3H3,(H2,16,17,20);1H. The lowest BCUT2D eigenvalue weighted by molar-refractivity contribution is 0.397. The van der Waals surface area contributed by atoms with E-state index in [1.807, 2.05) is 18.3 Å². The number of aryl methyl sites for hydroxylation is 1. The summed E-state index contributed by atoms with van der Waals surface area (Å²) in [6.07, 6.45) is 4.59. The van der Waals surface area contributed by atoms with Gasteiger partial charge in [-0.15, -0.1) is 35.3 Å². The number of halogens is 1. The summed E-state index contributed by atoms with van der Waals surface area (Å²) in [7, 11) is 3.37. The highest BCUT2D eigenvalue weighted by Crippen LogP contribution is 2.10. The number of hydrogen-bond acceptors (Lipinski definition) is 5. The SMILES string of the molecule is CN=C(NCCc1ncc(C)s1)NCc1ccc(OC)nc1.I. The molecule has 0 aliphatic heterocycles. The van der Waals surface area contributed by atoms with Crippen molar-refractivity contribution < 1.29 is 4.74 Å². The van der Waals surface area contributed by atoms with Gasteiger partial charge in [0.05, 0.1) is 12.1 Å². The summed E-state index contributed by atoms with van der Waals surface area (Å²) in [6.45, 7) is 3.53. The molecule has 0 aliphatic carbocycles. The van der Waals surface area contributed by atoms with Crippen LogP contribution in [0.1, 0.15) is 15.4 Å². The summed E-state index contributed by atoms with van der Waals surface area (Å²) in [5.74, 6) is 1.38. The number of guanidine groups is 1. The largest absolute Gasteiger partial charge is 0.481 e. The van der Waals surface area contributed by atoms with Crippen LogP contribution in [0.5, 0.6) is 5.88 Å². The normalized spacial score (nSPS) is 10.8. The number of methoxy groups -OCH3 is 1. The van der Waals surface area contributed by atoms with Gasteiger partial charge < -0.3 is 15.4 Å². The van der Waals surface area contributed by atoms with Crippen molar-refractivity contribution in [2.24, 2.45) is 4.99 Å². The summed E-state index contributed by atoms with van der Waals surface area (Å²) in [6, 6.07) is 3.82. The summed E-state index contributed by atoms with van der Waals surface area (Å²) in [4.78, 5) is 14.0. The van der Waals surface area contributed by atoms with Crippen molar-refractivity contribution in [1.29, 1.82) is 0 Å². The van der Waals surface area contributed by atoms with Crippen molar-refractivity contribution in [2.75, 3.05) is 20.7 Å². The molecule has 0 bridgehead atoms. The van der Waals surface area contributed by atoms with E-state index in [0.29, 0.717) is 12.4 Å². The number of aromatic nitrogens is 2. The van der Waals surface area contributed by atoms with Crippen LogP contribution >= 0.6 is 35.3 Å². The third-order valence-electron chi connectivity index (χ3n) is 2.99. The molecule has 2 rings (SSSR count). The second kappa shape index (κ2) is 10.4. The quantitative estimate of drug-likeness (QED) is 0.404. The fourth-order valence-electron chi connectivity index (χ4n) is 1.85. The Bertz CT molecular complexity index is 615. The molecule has 2 N–H and O–H groups in total. The van der Waals surface area contributed by atoms with Crippen LogP contribution < -0.4 is 15.4 Å². The molecule has 0 unspecified atom stereocenters. The molecule has 8 heteroatoms. The van der Waals surface area contributed by atoms with Crippen molar-refractivity contribution in [1.82, 2.24) is 20.6 Å². The second-order valence-electron chi connectivity index (χ2n) is 4.68. The average molecular weight is 447 g/mol. The topological polar surface area (TPSA) is 71.4 Å². The Kier molecular flexibility index (Phi) is 8.85. The van der Waals surface area contributed by atoms with E-state index in [1.54, 1.807) is 31.7 Å². The molecule has 2 aromatic rings. The van der Waals surface area contributed by atoms with Gasteiger partial charge in [-0.05, 0) is 12.5 Å². The zero-order chi connectivity index (χ0) is 15.8. The van der Waals surface area contributed by atoms with Crippen molar-refractivity contribution in [3.8, 4) is 5.88 Å². The Balaban J connectivity index is 0.00000264. The maximum absolute atomic E-state index is 5.04. The van der Waals surface area contributed by atoms with Gasteiger partial charge in [-0.3, -0.25) is 4.99 Å². The van der Waals surface area contributed by atoms with Gasteiger partial charge in [0, 0.05) is 49.9 Å². The second-order valence-corrected chi connectivity index (χ2v) is 6.00. The van der Waals surface area contributed by atoms with Crippen LogP contribution in [0, 0.1) is 6.92 Å². The Morgan fingerprint density at radius 2 is 2.09 bits per heavy atom. The summed E-state index contributed by atoms with van der Waals surface area (Å²) in [5, 5.41) is 7.67. The number of thiazole rings is 1. The van der Waals surface area contributed by atoms with Gasteiger partial charge in [0.25, 0.3) is 0 Å². The first kappa shape index (κ1) is 19.6. The highest BCUT2D eigenvalue weighted by atomic mass is 127. The lowest BCUT2D eigenvalue weighted by Gasteiger charge is -2.11. The van der Waals surface area contributed by atoms with Crippen LogP contribution in [0.25, 0.3) is 0 Å². The van der Waals surface area contributed by atoms with Crippen molar-refractivity contribution in [3.05, 3.63) is 40.0 Å². The number of nitrogens with zero attached hydrogens (tertiary/aromatic N) is 3. The molecular formula is C15H22IN5OS. The van der Waals surface area contributed by atoms with Crippen LogP contribution in [0.15, 0.2) is 29.5 Å². The van der Waals surface area contributed by atoms with Gasteiger partial charge in [0.1, 0.15) is 0 Å². The van der Waals surface area contributed by atoms with E-state index < -0.39 is 0 Å². The molecular weight excluding hydrogens is 425 g/mol. The summed E-state index contributed by atoms with van der Waals surface area (Å²) < 4.78 is 5.04. The monoisotopic (exact) mass is 447 g/mol. The highest BCUT2D eigenvalue weighted by molar-refractivity contribution is 14.0. The lowest BCUT2D eigenvalue weighted by Crippen LogP contribution is -2.37. The predicted octanol–water partition coefficient (Wildman–Crippen LogP) is 2.38. The molecule has 2 heterocycles. The Labute approximate surface area is 157 Å². The fraction of sp³-hybridized carbons (Fsp3) is 0.400. The number of aliphatic imine (C=N–C) groups is 1. The van der Waals surface area contributed by atoms with Crippen molar-refractivity contribution >= 4 is 41.3 Å². The van der Waals surface area contributed by atoms with Gasteiger partial charge >= 0.3 is 0 Å². The van der Waals surface area contributed by atoms with Crippen molar-refractivity contribution in [2.45, 2.75) is 19.9 Å². The molecule has 2 aromatic heterocycles. The minimum atomic E-state index is 0. The summed E-state index contributed by atoms with van der Waals surface area (Å²) >= 11 is 1.73. The predicted molar refractivity (Wildman–Crippen MR) is 105 cm³/mol. The first-order valence-corrected chi connectivity index (χ1v) is 7.87. The van der Waals surface area contributed by atoms with Crippen LogP contribution in [0.4, 0.5) is 0 Å². The number of rotatable bonds is 6.